The van der Waals surface area contributed by atoms with E-state index in [-0.39, 0.29) is 31.0 Å². The molecular formula is C28H29BrCl2N2O3. The molecule has 3 aromatic rings. The number of fused-ring (bicyclic) bond motifs is 1. The van der Waals surface area contributed by atoms with E-state index in [0.29, 0.717) is 27.8 Å². The molecule has 0 aliphatic heterocycles. The molecule has 1 aliphatic carbocycles. The number of nitrogens with one attached hydrogen (secondary N) is 1. The number of carbonyl (C=O) groups is 2. The van der Waals surface area contributed by atoms with Gasteiger partial charge in [0.1, 0.15) is 11.8 Å². The summed E-state index contributed by atoms with van der Waals surface area (Å²) in [7, 11) is 0. The van der Waals surface area contributed by atoms with E-state index in [1.807, 2.05) is 43.3 Å². The van der Waals surface area contributed by atoms with Crippen molar-refractivity contribution >= 4 is 61.7 Å². The number of carbonyl (C=O) groups excluding carboxylic acids is 2. The SMILES string of the molecule is CC[C@H](C(=O)NC1CCCC1)N(Cc1c(Cl)cccc1Cl)C(=O)COc1ccc2ccccc2c1Br. The first-order valence-electron chi connectivity index (χ1n) is 12.2. The normalized spacial score (nSPS) is 14.6. The lowest BCUT2D eigenvalue weighted by atomic mass is 10.1. The summed E-state index contributed by atoms with van der Waals surface area (Å²) in [5, 5.41) is 6.09. The smallest absolute Gasteiger partial charge is 0.261 e. The number of benzene rings is 3. The molecule has 4 rings (SSSR count). The van der Waals surface area contributed by atoms with E-state index < -0.39 is 6.04 Å². The lowest BCUT2D eigenvalue weighted by molar-refractivity contribution is -0.143. The van der Waals surface area contributed by atoms with Crippen LogP contribution in [0.4, 0.5) is 0 Å². The fourth-order valence-corrected chi connectivity index (χ4v) is 5.81. The third kappa shape index (κ3) is 6.16. The molecule has 3 aromatic carbocycles. The molecule has 8 heteroatoms. The summed E-state index contributed by atoms with van der Waals surface area (Å²) in [6, 6.07) is 16.4. The minimum Gasteiger partial charge on any atom is -0.483 e. The van der Waals surface area contributed by atoms with Crippen molar-refractivity contribution in [2.75, 3.05) is 6.61 Å². The van der Waals surface area contributed by atoms with E-state index >= 15 is 0 Å². The Hall–Kier alpha value is -2.28. The minimum absolute atomic E-state index is 0.107. The molecule has 0 radical (unpaired) electrons. The van der Waals surface area contributed by atoms with Crippen LogP contribution in [0.3, 0.4) is 0 Å². The highest BCUT2D eigenvalue weighted by Crippen LogP contribution is 2.33. The quantitative estimate of drug-likeness (QED) is 0.287. The Labute approximate surface area is 230 Å². The number of rotatable bonds is 9. The van der Waals surface area contributed by atoms with Crippen LogP contribution in [0.15, 0.2) is 59.1 Å². The Kier molecular flexibility index (Phi) is 9.15. The predicted octanol–water partition coefficient (Wildman–Crippen LogP) is 7.15. The van der Waals surface area contributed by atoms with Crippen LogP contribution >= 0.6 is 39.1 Å². The zero-order chi connectivity index (χ0) is 25.7. The predicted molar refractivity (Wildman–Crippen MR) is 149 cm³/mol. The van der Waals surface area contributed by atoms with Gasteiger partial charge in [0.25, 0.3) is 5.91 Å². The molecule has 0 saturated heterocycles. The highest BCUT2D eigenvalue weighted by Gasteiger charge is 2.31. The van der Waals surface area contributed by atoms with Crippen molar-refractivity contribution in [1.82, 2.24) is 10.2 Å². The van der Waals surface area contributed by atoms with Crippen LogP contribution in [0, 0.1) is 0 Å². The number of hydrogen-bond donors (Lipinski definition) is 1. The van der Waals surface area contributed by atoms with E-state index in [2.05, 4.69) is 21.2 Å². The van der Waals surface area contributed by atoms with Gasteiger partial charge in [-0.05, 0) is 64.2 Å². The van der Waals surface area contributed by atoms with Gasteiger partial charge in [-0.2, -0.15) is 0 Å². The van der Waals surface area contributed by atoms with Crippen LogP contribution in [0.25, 0.3) is 10.8 Å². The number of hydrogen-bond acceptors (Lipinski definition) is 3. The number of amides is 2. The molecular weight excluding hydrogens is 563 g/mol. The Morgan fingerprint density at radius 3 is 2.44 bits per heavy atom. The maximum atomic E-state index is 13.6. The van der Waals surface area contributed by atoms with Gasteiger partial charge in [-0.1, -0.05) is 79.4 Å². The second-order valence-corrected chi connectivity index (χ2v) is 10.6. The average molecular weight is 592 g/mol. The van der Waals surface area contributed by atoms with Crippen LogP contribution in [0.1, 0.15) is 44.6 Å². The van der Waals surface area contributed by atoms with Crippen LogP contribution in [0.5, 0.6) is 5.75 Å². The van der Waals surface area contributed by atoms with Crippen molar-refractivity contribution in [2.24, 2.45) is 0 Å². The average Bonchev–Trinajstić information content (AvgIpc) is 3.38. The zero-order valence-corrected chi connectivity index (χ0v) is 23.2. The maximum Gasteiger partial charge on any atom is 0.261 e. The first-order valence-corrected chi connectivity index (χ1v) is 13.8. The van der Waals surface area contributed by atoms with Crippen molar-refractivity contribution in [1.29, 1.82) is 0 Å². The fourth-order valence-electron chi connectivity index (χ4n) is 4.69. The molecule has 1 N–H and O–H groups in total. The lowest BCUT2D eigenvalue weighted by Crippen LogP contribution is -2.52. The van der Waals surface area contributed by atoms with E-state index in [4.69, 9.17) is 27.9 Å². The topological polar surface area (TPSA) is 58.6 Å². The number of nitrogens with zero attached hydrogens (tertiary/aromatic N) is 1. The van der Waals surface area contributed by atoms with Crippen molar-refractivity contribution in [2.45, 2.75) is 57.7 Å². The molecule has 1 atom stereocenters. The molecule has 190 valence electrons. The fraction of sp³-hybridized carbons (Fsp3) is 0.357. The van der Waals surface area contributed by atoms with Crippen molar-refractivity contribution < 1.29 is 14.3 Å². The van der Waals surface area contributed by atoms with Crippen molar-refractivity contribution in [3.05, 3.63) is 74.7 Å². The Morgan fingerprint density at radius 1 is 1.06 bits per heavy atom. The molecule has 0 heterocycles. The standard InChI is InChI=1S/C28H29BrCl2N2O3/c1-2-24(28(35)32-19-9-4-5-10-19)33(16-21-22(30)12-7-13-23(21)31)26(34)17-36-25-15-14-18-8-3-6-11-20(18)27(25)29/h3,6-8,11-15,19,24H,2,4-5,9-10,16-17H2,1H3,(H,32,35)/t24-/m1/s1. The summed E-state index contributed by atoms with van der Waals surface area (Å²) in [5.74, 6) is 0.0773. The number of ether oxygens (including phenoxy) is 1. The summed E-state index contributed by atoms with van der Waals surface area (Å²) in [6.07, 6.45) is 4.59. The molecule has 2 amide bonds. The highest BCUT2D eigenvalue weighted by atomic mass is 79.9. The molecule has 1 saturated carbocycles. The highest BCUT2D eigenvalue weighted by molar-refractivity contribution is 9.10. The summed E-state index contributed by atoms with van der Waals surface area (Å²) >= 11 is 16.5. The molecule has 0 aromatic heterocycles. The van der Waals surface area contributed by atoms with Crippen molar-refractivity contribution in [3.63, 3.8) is 0 Å². The first-order chi connectivity index (χ1) is 17.4. The van der Waals surface area contributed by atoms with E-state index in [9.17, 15) is 9.59 Å². The largest absolute Gasteiger partial charge is 0.483 e. The zero-order valence-electron chi connectivity index (χ0n) is 20.1. The van der Waals surface area contributed by atoms with Crippen LogP contribution in [-0.2, 0) is 16.1 Å². The second kappa shape index (κ2) is 12.3. The lowest BCUT2D eigenvalue weighted by Gasteiger charge is -2.32. The summed E-state index contributed by atoms with van der Waals surface area (Å²) < 4.78 is 6.74. The van der Waals surface area contributed by atoms with Gasteiger partial charge in [0.2, 0.25) is 5.91 Å². The Morgan fingerprint density at radius 2 is 1.75 bits per heavy atom. The van der Waals surface area contributed by atoms with Gasteiger partial charge < -0.3 is 15.0 Å². The van der Waals surface area contributed by atoms with Crippen molar-refractivity contribution in [3.8, 4) is 5.75 Å². The Bertz CT molecular complexity index is 1230. The van der Waals surface area contributed by atoms with Gasteiger partial charge in [-0.3, -0.25) is 9.59 Å². The second-order valence-electron chi connectivity index (χ2n) is 9.02. The molecule has 0 bridgehead atoms. The Balaban J connectivity index is 1.57. The molecule has 5 nitrogen and oxygen atoms in total. The monoisotopic (exact) mass is 590 g/mol. The van der Waals surface area contributed by atoms with Gasteiger partial charge in [-0.15, -0.1) is 0 Å². The van der Waals surface area contributed by atoms with Gasteiger partial charge in [0.15, 0.2) is 6.61 Å². The minimum atomic E-state index is -0.672. The van der Waals surface area contributed by atoms with Crippen LogP contribution in [-0.4, -0.2) is 35.4 Å². The van der Waals surface area contributed by atoms with E-state index in [0.717, 1.165) is 40.9 Å². The number of halogens is 3. The van der Waals surface area contributed by atoms with Gasteiger partial charge >= 0.3 is 0 Å². The first kappa shape index (κ1) is 26.8. The van der Waals surface area contributed by atoms with E-state index in [1.165, 1.54) is 4.90 Å². The molecule has 1 aliphatic rings. The molecule has 0 unspecified atom stereocenters. The maximum absolute atomic E-state index is 13.6. The molecule has 0 spiro atoms. The third-order valence-electron chi connectivity index (χ3n) is 6.66. The molecule has 1 fully saturated rings. The summed E-state index contributed by atoms with van der Waals surface area (Å²) in [4.78, 5) is 28.4. The summed E-state index contributed by atoms with van der Waals surface area (Å²) in [5.41, 5.74) is 0.605. The van der Waals surface area contributed by atoms with Gasteiger partial charge in [0, 0.05) is 28.2 Å². The van der Waals surface area contributed by atoms with E-state index in [1.54, 1.807) is 18.2 Å². The van der Waals surface area contributed by atoms with Crippen LogP contribution < -0.4 is 10.1 Å². The molecule has 36 heavy (non-hydrogen) atoms. The van der Waals surface area contributed by atoms with Gasteiger partial charge in [-0.25, -0.2) is 0 Å². The van der Waals surface area contributed by atoms with Crippen LogP contribution in [0.2, 0.25) is 10.0 Å². The summed E-state index contributed by atoms with van der Waals surface area (Å²) in [6.45, 7) is 1.77. The third-order valence-corrected chi connectivity index (χ3v) is 8.18. The van der Waals surface area contributed by atoms with Gasteiger partial charge in [0.05, 0.1) is 4.47 Å².